The molecule has 1 aromatic heterocycles. The van der Waals surface area contributed by atoms with Crippen molar-refractivity contribution in [3.8, 4) is 5.75 Å². The van der Waals surface area contributed by atoms with Crippen molar-refractivity contribution >= 4 is 44.4 Å². The van der Waals surface area contributed by atoms with Gasteiger partial charge in [-0.25, -0.2) is 21.2 Å². The third-order valence-electron chi connectivity index (χ3n) is 8.51. The minimum Gasteiger partial charge on any atom is -0.466 e. The number of benzene rings is 4. The van der Waals surface area contributed by atoms with Crippen molar-refractivity contribution in [2.24, 2.45) is 0 Å². The Morgan fingerprint density at radius 2 is 1.58 bits per heavy atom. The first-order chi connectivity index (χ1) is 25.1. The molecule has 280 valence electrons. The number of esters is 1. The van der Waals surface area contributed by atoms with E-state index in [2.05, 4.69) is 10.1 Å². The minimum atomic E-state index is -4.97. The van der Waals surface area contributed by atoms with Crippen LogP contribution in [0.3, 0.4) is 0 Å². The van der Waals surface area contributed by atoms with Crippen molar-refractivity contribution in [3.63, 3.8) is 0 Å². The fraction of sp³-hybridized carbons (Fsp3) is 0.263. The number of nitrogens with one attached hydrogen (secondary N) is 1. The molecule has 15 heteroatoms. The number of ether oxygens (including phenoxy) is 2. The first-order valence-electron chi connectivity index (χ1n) is 16.5. The highest BCUT2D eigenvalue weighted by molar-refractivity contribution is 7.90. The van der Waals surface area contributed by atoms with Gasteiger partial charge < -0.3 is 14.8 Å². The fourth-order valence-corrected chi connectivity index (χ4v) is 7.92. The Balaban J connectivity index is 1.68. The molecule has 0 radical (unpaired) electrons. The van der Waals surface area contributed by atoms with Crippen LogP contribution in [0.15, 0.2) is 96.0 Å². The lowest BCUT2D eigenvalue weighted by Crippen LogP contribution is -2.27. The van der Waals surface area contributed by atoms with Crippen LogP contribution >= 0.6 is 11.6 Å². The predicted molar refractivity (Wildman–Crippen MR) is 189 cm³/mol. The fourth-order valence-electron chi connectivity index (χ4n) is 6.31. The normalized spacial score (nSPS) is 13.1. The molecule has 0 aliphatic carbocycles. The molecule has 0 saturated carbocycles. The molecular weight excluding hydrogens is 743 g/mol. The van der Waals surface area contributed by atoms with E-state index >= 15 is 8.78 Å². The van der Waals surface area contributed by atoms with Gasteiger partial charge in [-0.2, -0.15) is 0 Å². The average Bonchev–Trinajstić information content (AvgIpc) is 3.48. The molecule has 5 aromatic rings. The third-order valence-corrected chi connectivity index (χ3v) is 10.4. The number of aromatic nitrogens is 1. The van der Waals surface area contributed by atoms with Crippen molar-refractivity contribution < 1.29 is 49.4 Å². The molecule has 5 rings (SSSR count). The number of carbonyl (C=O) groups excluding carboxylic acids is 2. The molecule has 2 atom stereocenters. The molecule has 1 amide bonds. The van der Waals surface area contributed by atoms with Crippen molar-refractivity contribution in [2.45, 2.75) is 56.2 Å². The maximum Gasteiger partial charge on any atom is 0.573 e. The Bertz CT molecular complexity index is 2210. The lowest BCUT2D eigenvalue weighted by Gasteiger charge is -2.29. The van der Waals surface area contributed by atoms with Gasteiger partial charge in [0.15, 0.2) is 0 Å². The van der Waals surface area contributed by atoms with Crippen molar-refractivity contribution in [2.75, 3.05) is 13.2 Å². The van der Waals surface area contributed by atoms with Gasteiger partial charge in [-0.1, -0.05) is 61.3 Å². The topological polar surface area (TPSA) is 104 Å². The van der Waals surface area contributed by atoms with Gasteiger partial charge in [0, 0.05) is 29.1 Å². The quantitative estimate of drug-likeness (QED) is 0.0892. The SMILES string of the molecule is CCC[C@H](c1ccc(C(=O)NCCC(=O)OCC)c(F)c1)[C@H](c1ccc(OC(F)(F)F)cc1)c1cn(S(=O)(=O)c2ccccc2)c2c(F)cc(Cl)cc12. The second-order valence-electron chi connectivity index (χ2n) is 12.0. The van der Waals surface area contributed by atoms with Crippen molar-refractivity contribution in [1.82, 2.24) is 9.29 Å². The van der Waals surface area contributed by atoms with E-state index in [1.54, 1.807) is 13.0 Å². The van der Waals surface area contributed by atoms with E-state index in [1.165, 1.54) is 60.8 Å². The Morgan fingerprint density at radius 1 is 0.906 bits per heavy atom. The highest BCUT2D eigenvalue weighted by Gasteiger charge is 2.34. The maximum atomic E-state index is 15.9. The number of carbonyl (C=O) groups is 2. The Hall–Kier alpha value is -4.95. The Morgan fingerprint density at radius 3 is 2.21 bits per heavy atom. The van der Waals surface area contributed by atoms with Gasteiger partial charge in [0.25, 0.3) is 15.9 Å². The molecule has 0 bridgehead atoms. The van der Waals surface area contributed by atoms with Crippen LogP contribution in [0.25, 0.3) is 10.9 Å². The molecule has 53 heavy (non-hydrogen) atoms. The highest BCUT2D eigenvalue weighted by Crippen LogP contribution is 2.46. The smallest absolute Gasteiger partial charge is 0.466 e. The van der Waals surface area contributed by atoms with E-state index in [9.17, 15) is 31.2 Å². The highest BCUT2D eigenvalue weighted by atomic mass is 35.5. The number of fused-ring (bicyclic) bond motifs is 1. The summed E-state index contributed by atoms with van der Waals surface area (Å²) in [4.78, 5) is 24.4. The van der Waals surface area contributed by atoms with Gasteiger partial charge in [0.2, 0.25) is 0 Å². The lowest BCUT2D eigenvalue weighted by molar-refractivity contribution is -0.274. The van der Waals surface area contributed by atoms with Crippen LogP contribution in [-0.2, 0) is 19.6 Å². The summed E-state index contributed by atoms with van der Waals surface area (Å²) in [6.45, 7) is 3.56. The summed E-state index contributed by atoms with van der Waals surface area (Å²) >= 11 is 6.33. The lowest BCUT2D eigenvalue weighted by atomic mass is 9.75. The Labute approximate surface area is 307 Å². The number of alkyl halides is 3. The van der Waals surface area contributed by atoms with E-state index < -0.39 is 57.5 Å². The molecular formula is C38H34ClF5N2O6S. The van der Waals surface area contributed by atoms with Gasteiger partial charge in [-0.15, -0.1) is 13.2 Å². The molecule has 8 nitrogen and oxygen atoms in total. The van der Waals surface area contributed by atoms with E-state index in [0.29, 0.717) is 24.0 Å². The van der Waals surface area contributed by atoms with Crippen LogP contribution in [0.4, 0.5) is 22.0 Å². The molecule has 0 fully saturated rings. The molecule has 1 heterocycles. The number of hydrogen-bond donors (Lipinski definition) is 1. The van der Waals surface area contributed by atoms with E-state index in [0.717, 1.165) is 28.2 Å². The van der Waals surface area contributed by atoms with Crippen LogP contribution in [0.2, 0.25) is 5.02 Å². The average molecular weight is 777 g/mol. The maximum absolute atomic E-state index is 15.9. The molecule has 0 aliphatic heterocycles. The van der Waals surface area contributed by atoms with Crippen LogP contribution < -0.4 is 10.1 Å². The van der Waals surface area contributed by atoms with Gasteiger partial charge in [-0.05, 0) is 84.5 Å². The van der Waals surface area contributed by atoms with Gasteiger partial charge in [0.1, 0.15) is 22.9 Å². The predicted octanol–water partition coefficient (Wildman–Crippen LogP) is 9.11. The van der Waals surface area contributed by atoms with E-state index in [4.69, 9.17) is 16.3 Å². The second kappa shape index (κ2) is 16.4. The largest absolute Gasteiger partial charge is 0.573 e. The zero-order chi connectivity index (χ0) is 38.5. The van der Waals surface area contributed by atoms with Gasteiger partial charge in [0.05, 0.1) is 23.5 Å². The first kappa shape index (κ1) is 39.3. The third kappa shape index (κ3) is 8.99. The zero-order valence-corrected chi connectivity index (χ0v) is 30.0. The number of nitrogens with zero attached hydrogens (tertiary/aromatic N) is 1. The van der Waals surface area contributed by atoms with Gasteiger partial charge in [-0.3, -0.25) is 9.59 Å². The van der Waals surface area contributed by atoms with Gasteiger partial charge >= 0.3 is 12.3 Å². The molecule has 0 aliphatic rings. The summed E-state index contributed by atoms with van der Waals surface area (Å²) < 4.78 is 109. The molecule has 4 aromatic carbocycles. The summed E-state index contributed by atoms with van der Waals surface area (Å²) in [5, 5.41) is 2.54. The number of halogens is 6. The summed E-state index contributed by atoms with van der Waals surface area (Å²) in [7, 11) is -4.41. The molecule has 0 saturated heterocycles. The van der Waals surface area contributed by atoms with Crippen LogP contribution in [0.1, 0.15) is 72.0 Å². The summed E-state index contributed by atoms with van der Waals surface area (Å²) in [5.41, 5.74) is 0.354. The van der Waals surface area contributed by atoms with Crippen LogP contribution in [0.5, 0.6) is 5.75 Å². The zero-order valence-electron chi connectivity index (χ0n) is 28.4. The summed E-state index contributed by atoms with van der Waals surface area (Å²) in [6.07, 6.45) is -3.00. The van der Waals surface area contributed by atoms with Crippen LogP contribution in [0, 0.1) is 11.6 Å². The summed E-state index contributed by atoms with van der Waals surface area (Å²) in [5.74, 6) is -5.29. The first-order valence-corrected chi connectivity index (χ1v) is 18.4. The molecule has 0 spiro atoms. The molecule has 1 N–H and O–H groups in total. The molecule has 0 unspecified atom stereocenters. The minimum absolute atomic E-state index is 0.0461. The van der Waals surface area contributed by atoms with E-state index in [-0.39, 0.29) is 51.5 Å². The van der Waals surface area contributed by atoms with E-state index in [1.807, 2.05) is 6.92 Å². The number of hydrogen-bond acceptors (Lipinski definition) is 6. The second-order valence-corrected chi connectivity index (χ2v) is 14.3. The van der Waals surface area contributed by atoms with Crippen molar-refractivity contribution in [1.29, 1.82) is 0 Å². The monoisotopic (exact) mass is 776 g/mol. The standard InChI is InChI=1S/C38H34ClF5N2O6S/c1-3-8-28(24-13-16-29(32(40)19-24)37(48)45-18-17-34(47)51-4-2)35(23-11-14-26(15-12-23)52-38(42,43)44)31-22-46(36-30(31)20-25(39)21-33(36)41)53(49,50)27-9-6-5-7-10-27/h5-7,9-16,19-22,28,35H,3-4,8,17-18H2,1-2H3,(H,45,48)/t28-,35+/m1/s1. The van der Waals surface area contributed by atoms with Crippen LogP contribution in [-0.4, -0.2) is 43.8 Å². The van der Waals surface area contributed by atoms with Crippen molar-refractivity contribution in [3.05, 3.63) is 130 Å². The Kier molecular flexibility index (Phi) is 12.1. The summed E-state index contributed by atoms with van der Waals surface area (Å²) in [6, 6.07) is 18.6. The number of rotatable bonds is 14. The number of amides is 1.